The third-order valence-electron chi connectivity index (χ3n) is 3.20. The number of aromatic nitrogens is 1. The van der Waals surface area contributed by atoms with Gasteiger partial charge in [-0.3, -0.25) is 4.79 Å². The summed E-state index contributed by atoms with van der Waals surface area (Å²) in [7, 11) is 0. The van der Waals surface area contributed by atoms with Crippen molar-refractivity contribution < 1.29 is 4.79 Å². The fourth-order valence-corrected chi connectivity index (χ4v) is 3.77. The van der Waals surface area contributed by atoms with Crippen molar-refractivity contribution in [3.8, 4) is 0 Å². The summed E-state index contributed by atoms with van der Waals surface area (Å²) in [6.45, 7) is 0. The van der Waals surface area contributed by atoms with Crippen molar-refractivity contribution in [1.82, 2.24) is 10.3 Å². The van der Waals surface area contributed by atoms with Gasteiger partial charge in [0.15, 0.2) is 10.2 Å². The van der Waals surface area contributed by atoms with Gasteiger partial charge in [0.1, 0.15) is 5.52 Å². The number of carbonyl (C=O) groups is 1. The molecule has 3 rings (SSSR count). The molecule has 0 atom stereocenters. The molecule has 2 N–H and O–H groups in total. The van der Waals surface area contributed by atoms with Crippen LogP contribution in [0.1, 0.15) is 5.56 Å². The molecule has 2 aromatic carbocycles. The first-order valence-electron chi connectivity index (χ1n) is 7.02. The molecular weight excluding hydrogens is 421 g/mol. The highest BCUT2D eigenvalue weighted by Gasteiger charge is 2.12. The summed E-state index contributed by atoms with van der Waals surface area (Å²) >= 11 is 24.5. The highest BCUT2D eigenvalue weighted by atomic mass is 35.5. The van der Waals surface area contributed by atoms with Crippen LogP contribution in [-0.4, -0.2) is 16.0 Å². The van der Waals surface area contributed by atoms with Crippen LogP contribution in [0.15, 0.2) is 36.4 Å². The van der Waals surface area contributed by atoms with Crippen LogP contribution in [0.2, 0.25) is 15.1 Å². The number of hydrogen-bond acceptors (Lipinski definition) is 4. The van der Waals surface area contributed by atoms with Crippen molar-refractivity contribution in [3.05, 3.63) is 57.0 Å². The molecule has 0 saturated carbocycles. The summed E-state index contributed by atoms with van der Waals surface area (Å²) in [5.41, 5.74) is 1.43. The predicted molar refractivity (Wildman–Crippen MR) is 109 cm³/mol. The monoisotopic (exact) mass is 429 g/mol. The van der Waals surface area contributed by atoms with Crippen molar-refractivity contribution >= 4 is 84.7 Å². The molecule has 128 valence electrons. The molecule has 4 nitrogen and oxygen atoms in total. The first kappa shape index (κ1) is 18.4. The highest BCUT2D eigenvalue weighted by Crippen LogP contribution is 2.35. The van der Waals surface area contributed by atoms with E-state index in [4.69, 9.17) is 47.0 Å². The molecule has 0 unspecified atom stereocenters. The molecule has 0 fully saturated rings. The Labute approximate surface area is 168 Å². The van der Waals surface area contributed by atoms with Gasteiger partial charge >= 0.3 is 0 Å². The number of thiocarbonyl (C=S) groups is 1. The van der Waals surface area contributed by atoms with E-state index in [0.29, 0.717) is 25.7 Å². The molecule has 1 aromatic heterocycles. The third-order valence-corrected chi connectivity index (χ3v) is 5.39. The van der Waals surface area contributed by atoms with Crippen LogP contribution in [0.25, 0.3) is 10.2 Å². The molecule has 0 saturated heterocycles. The summed E-state index contributed by atoms with van der Waals surface area (Å²) in [6, 6.07) is 10.6. The zero-order valence-electron chi connectivity index (χ0n) is 12.5. The van der Waals surface area contributed by atoms with Gasteiger partial charge in [0.25, 0.3) is 0 Å². The Balaban J connectivity index is 1.63. The molecule has 0 spiro atoms. The number of nitrogens with zero attached hydrogens (tertiary/aromatic N) is 1. The van der Waals surface area contributed by atoms with E-state index >= 15 is 0 Å². The first-order chi connectivity index (χ1) is 11.9. The highest BCUT2D eigenvalue weighted by molar-refractivity contribution is 7.80. The molecule has 3 aromatic rings. The molecular formula is C16H10Cl3N3OS2. The Morgan fingerprint density at radius 2 is 1.84 bits per heavy atom. The Morgan fingerprint density at radius 3 is 2.56 bits per heavy atom. The molecule has 0 bridgehead atoms. The Morgan fingerprint density at radius 1 is 1.12 bits per heavy atom. The molecule has 0 aliphatic rings. The van der Waals surface area contributed by atoms with Gasteiger partial charge in [-0.1, -0.05) is 58.3 Å². The van der Waals surface area contributed by atoms with Crippen molar-refractivity contribution in [2.24, 2.45) is 0 Å². The van der Waals surface area contributed by atoms with E-state index < -0.39 is 0 Å². The maximum atomic E-state index is 12.0. The number of anilines is 1. The second-order valence-corrected chi connectivity index (χ2v) is 7.69. The maximum Gasteiger partial charge on any atom is 0.230 e. The molecule has 0 radical (unpaired) electrons. The largest absolute Gasteiger partial charge is 0.308 e. The van der Waals surface area contributed by atoms with E-state index in [2.05, 4.69) is 15.6 Å². The van der Waals surface area contributed by atoms with Gasteiger partial charge in [-0.2, -0.15) is 0 Å². The molecule has 25 heavy (non-hydrogen) atoms. The number of carbonyl (C=O) groups excluding carboxylic acids is 1. The van der Waals surface area contributed by atoms with E-state index in [1.807, 2.05) is 6.07 Å². The Bertz CT molecular complexity index is 957. The van der Waals surface area contributed by atoms with Crippen LogP contribution in [0.5, 0.6) is 0 Å². The summed E-state index contributed by atoms with van der Waals surface area (Å²) in [4.78, 5) is 16.4. The lowest BCUT2D eigenvalue weighted by Crippen LogP contribution is -2.35. The smallest absolute Gasteiger partial charge is 0.230 e. The molecule has 0 aliphatic carbocycles. The third kappa shape index (κ3) is 4.59. The second kappa shape index (κ2) is 7.85. The number of nitrogens with one attached hydrogen (secondary N) is 2. The van der Waals surface area contributed by atoms with Gasteiger partial charge in [0.05, 0.1) is 21.2 Å². The van der Waals surface area contributed by atoms with Crippen molar-refractivity contribution in [1.29, 1.82) is 0 Å². The lowest BCUT2D eigenvalue weighted by Gasteiger charge is -2.07. The van der Waals surface area contributed by atoms with Gasteiger partial charge in [-0.05, 0) is 42.0 Å². The lowest BCUT2D eigenvalue weighted by molar-refractivity contribution is -0.119. The van der Waals surface area contributed by atoms with Crippen LogP contribution in [0.3, 0.4) is 0 Å². The quantitative estimate of drug-likeness (QED) is 0.553. The minimum absolute atomic E-state index is 0.167. The first-order valence-corrected chi connectivity index (χ1v) is 9.38. The second-order valence-electron chi connectivity index (χ2n) is 5.03. The SMILES string of the molecule is O=C(Cc1ccc(Cl)cc1)NC(=S)Nc1nc2c(Cl)c(Cl)ccc2s1. The van der Waals surface area contributed by atoms with Gasteiger partial charge in [0.2, 0.25) is 5.91 Å². The number of rotatable bonds is 3. The molecule has 1 amide bonds. The van der Waals surface area contributed by atoms with E-state index in [0.717, 1.165) is 10.3 Å². The average Bonchev–Trinajstić information content (AvgIpc) is 2.96. The summed E-state index contributed by atoms with van der Waals surface area (Å²) < 4.78 is 0.868. The number of amides is 1. The van der Waals surface area contributed by atoms with Crippen molar-refractivity contribution in [2.75, 3.05) is 5.32 Å². The molecule has 9 heteroatoms. The summed E-state index contributed by atoms with van der Waals surface area (Å²) in [5, 5.41) is 7.64. The number of fused-ring (bicyclic) bond motifs is 1. The minimum Gasteiger partial charge on any atom is -0.308 e. The van der Waals surface area contributed by atoms with Crippen LogP contribution in [0.4, 0.5) is 5.13 Å². The Kier molecular flexibility index (Phi) is 5.76. The summed E-state index contributed by atoms with van der Waals surface area (Å²) in [5.74, 6) is -0.234. The standard InChI is InChI=1S/C16H10Cl3N3OS2/c17-9-3-1-8(2-4-9)7-12(23)20-15(24)22-16-21-14-11(25-16)6-5-10(18)13(14)19/h1-6H,7H2,(H2,20,21,22,23,24). The number of halogens is 3. The van der Waals surface area contributed by atoms with E-state index in [9.17, 15) is 4.79 Å². The van der Waals surface area contributed by atoms with E-state index in [1.54, 1.807) is 30.3 Å². The van der Waals surface area contributed by atoms with Gasteiger partial charge in [-0.25, -0.2) is 4.98 Å². The van der Waals surface area contributed by atoms with Crippen LogP contribution < -0.4 is 10.6 Å². The predicted octanol–water partition coefficient (Wildman–Crippen LogP) is 5.31. The van der Waals surface area contributed by atoms with Gasteiger partial charge in [-0.15, -0.1) is 0 Å². The van der Waals surface area contributed by atoms with Crippen LogP contribution in [0, 0.1) is 0 Å². The van der Waals surface area contributed by atoms with Crippen molar-refractivity contribution in [3.63, 3.8) is 0 Å². The average molecular weight is 431 g/mol. The van der Waals surface area contributed by atoms with Crippen LogP contribution in [-0.2, 0) is 11.2 Å². The fraction of sp³-hybridized carbons (Fsp3) is 0.0625. The Hall–Kier alpha value is -1.44. The van der Waals surface area contributed by atoms with Crippen LogP contribution >= 0.6 is 58.4 Å². The zero-order chi connectivity index (χ0) is 18.0. The van der Waals surface area contributed by atoms with E-state index in [-0.39, 0.29) is 17.4 Å². The number of hydrogen-bond donors (Lipinski definition) is 2. The number of thiazole rings is 1. The van der Waals surface area contributed by atoms with Gasteiger partial charge < -0.3 is 10.6 Å². The molecule has 1 heterocycles. The van der Waals surface area contributed by atoms with Crippen molar-refractivity contribution in [2.45, 2.75) is 6.42 Å². The van der Waals surface area contributed by atoms with Gasteiger partial charge in [0, 0.05) is 5.02 Å². The topological polar surface area (TPSA) is 54.0 Å². The maximum absolute atomic E-state index is 12.0. The zero-order valence-corrected chi connectivity index (χ0v) is 16.4. The normalized spacial score (nSPS) is 10.7. The number of benzene rings is 2. The minimum atomic E-state index is -0.234. The fourth-order valence-electron chi connectivity index (χ4n) is 2.08. The summed E-state index contributed by atoms with van der Waals surface area (Å²) in [6.07, 6.45) is 0.195. The van der Waals surface area contributed by atoms with E-state index in [1.165, 1.54) is 11.3 Å². The lowest BCUT2D eigenvalue weighted by atomic mass is 10.1. The molecule has 0 aliphatic heterocycles.